The molecule has 1 aliphatic rings. The van der Waals surface area contributed by atoms with E-state index in [9.17, 15) is 9.59 Å². The van der Waals surface area contributed by atoms with Crippen molar-refractivity contribution in [2.24, 2.45) is 0 Å². The Morgan fingerprint density at radius 3 is 2.59 bits per heavy atom. The largest absolute Gasteiger partial charge is 0.484 e. The summed E-state index contributed by atoms with van der Waals surface area (Å²) in [6, 6.07) is 14.9. The number of amides is 3. The van der Waals surface area contributed by atoms with Gasteiger partial charge in [0.15, 0.2) is 6.61 Å². The average molecular weight is 363 g/mol. The van der Waals surface area contributed by atoms with Crippen LogP contribution in [0.5, 0.6) is 5.75 Å². The number of anilines is 1. The molecule has 2 aromatic carbocycles. The highest BCUT2D eigenvalue weighted by Gasteiger charge is 2.20. The summed E-state index contributed by atoms with van der Waals surface area (Å²) in [6.45, 7) is 3.52. The Kier molecular flexibility index (Phi) is 5.95. The Hall–Kier alpha value is -3.46. The molecule has 0 aromatic heterocycles. The number of aryl methyl sites for hydroxylation is 1. The second-order valence-corrected chi connectivity index (χ2v) is 6.11. The first-order chi connectivity index (χ1) is 13.1. The number of carbonyl (C=O) groups excluding carboxylic acids is 2. The maximum Gasteiger partial charge on any atom is 0.321 e. The molecule has 0 radical (unpaired) electrons. The fraction of sp³-hybridized carbons (Fsp3) is 0.238. The molecule has 0 bridgehead atoms. The van der Waals surface area contributed by atoms with Crippen molar-refractivity contribution in [1.82, 2.24) is 10.6 Å². The Labute approximate surface area is 158 Å². The standard InChI is InChI=1S/C21H21N3O3/c1-16-4-10-19(11-5-16)27-15-20(25)22-12-2-3-17-6-8-18(9-7-17)24-14-13-23-21(24)26/h4-11H,12-15H2,1H3,(H,22,25)(H,23,26). The summed E-state index contributed by atoms with van der Waals surface area (Å²) in [4.78, 5) is 25.1. The molecule has 2 aromatic rings. The van der Waals surface area contributed by atoms with Gasteiger partial charge >= 0.3 is 6.03 Å². The lowest BCUT2D eigenvalue weighted by molar-refractivity contribution is -0.122. The summed E-state index contributed by atoms with van der Waals surface area (Å²) >= 11 is 0. The smallest absolute Gasteiger partial charge is 0.321 e. The third-order valence-electron chi connectivity index (χ3n) is 4.03. The second-order valence-electron chi connectivity index (χ2n) is 6.11. The van der Waals surface area contributed by atoms with Crippen molar-refractivity contribution in [1.29, 1.82) is 0 Å². The normalized spacial score (nSPS) is 12.8. The van der Waals surface area contributed by atoms with E-state index in [0.717, 1.165) is 16.8 Å². The van der Waals surface area contributed by atoms with E-state index in [1.165, 1.54) is 0 Å². The highest BCUT2D eigenvalue weighted by Crippen LogP contribution is 2.16. The van der Waals surface area contributed by atoms with E-state index in [2.05, 4.69) is 22.5 Å². The minimum absolute atomic E-state index is 0.0443. The molecule has 0 saturated carbocycles. The van der Waals surface area contributed by atoms with Gasteiger partial charge in [-0.2, -0.15) is 0 Å². The maximum absolute atomic E-state index is 11.8. The number of nitrogens with zero attached hydrogens (tertiary/aromatic N) is 1. The van der Waals surface area contributed by atoms with Crippen LogP contribution in [0.2, 0.25) is 0 Å². The zero-order valence-corrected chi connectivity index (χ0v) is 15.1. The van der Waals surface area contributed by atoms with Crippen molar-refractivity contribution >= 4 is 17.6 Å². The van der Waals surface area contributed by atoms with Crippen molar-refractivity contribution in [3.8, 4) is 17.6 Å². The van der Waals surface area contributed by atoms with E-state index < -0.39 is 0 Å². The van der Waals surface area contributed by atoms with Crippen LogP contribution >= 0.6 is 0 Å². The molecule has 1 aliphatic heterocycles. The van der Waals surface area contributed by atoms with Gasteiger partial charge in [-0.1, -0.05) is 29.5 Å². The molecule has 3 amide bonds. The number of carbonyl (C=O) groups is 2. The van der Waals surface area contributed by atoms with Crippen molar-refractivity contribution in [3.05, 3.63) is 59.7 Å². The van der Waals surface area contributed by atoms with Gasteiger partial charge in [0.2, 0.25) is 0 Å². The molecule has 0 unspecified atom stereocenters. The lowest BCUT2D eigenvalue weighted by Gasteiger charge is -2.13. The quantitative estimate of drug-likeness (QED) is 0.799. The first-order valence-corrected chi connectivity index (χ1v) is 8.72. The Bertz CT molecular complexity index is 864. The molecule has 1 saturated heterocycles. The average Bonchev–Trinajstić information content (AvgIpc) is 3.11. The molecule has 0 spiro atoms. The summed E-state index contributed by atoms with van der Waals surface area (Å²) in [6.07, 6.45) is 0. The van der Waals surface area contributed by atoms with Crippen LogP contribution in [-0.4, -0.2) is 38.2 Å². The third kappa shape index (κ3) is 5.25. The van der Waals surface area contributed by atoms with Gasteiger partial charge in [-0.15, -0.1) is 0 Å². The molecule has 0 aliphatic carbocycles. The highest BCUT2D eigenvalue weighted by molar-refractivity contribution is 5.94. The van der Waals surface area contributed by atoms with Crippen LogP contribution in [0.1, 0.15) is 11.1 Å². The minimum atomic E-state index is -0.222. The van der Waals surface area contributed by atoms with E-state index in [4.69, 9.17) is 4.74 Å². The lowest BCUT2D eigenvalue weighted by Crippen LogP contribution is -2.29. The summed E-state index contributed by atoms with van der Waals surface area (Å²) in [5.41, 5.74) is 2.81. The summed E-state index contributed by atoms with van der Waals surface area (Å²) < 4.78 is 5.41. The van der Waals surface area contributed by atoms with Gasteiger partial charge in [0, 0.05) is 24.3 Å². The molecule has 6 nitrogen and oxygen atoms in total. The van der Waals surface area contributed by atoms with Gasteiger partial charge in [0.05, 0.1) is 6.54 Å². The molecule has 2 N–H and O–H groups in total. The molecular weight excluding hydrogens is 342 g/mol. The van der Waals surface area contributed by atoms with E-state index in [1.807, 2.05) is 55.5 Å². The topological polar surface area (TPSA) is 70.7 Å². The number of rotatable bonds is 5. The Balaban J connectivity index is 1.42. The number of hydrogen-bond donors (Lipinski definition) is 2. The number of benzene rings is 2. The fourth-order valence-electron chi connectivity index (χ4n) is 2.57. The number of ether oxygens (including phenoxy) is 1. The number of urea groups is 1. The molecule has 6 heteroatoms. The zero-order chi connectivity index (χ0) is 19.1. The van der Waals surface area contributed by atoms with E-state index in [-0.39, 0.29) is 25.1 Å². The SMILES string of the molecule is Cc1ccc(OCC(=O)NCC#Cc2ccc(N3CCNC3=O)cc2)cc1. The van der Waals surface area contributed by atoms with Crippen LogP contribution in [0.4, 0.5) is 10.5 Å². The second kappa shape index (κ2) is 8.77. The molecule has 1 fully saturated rings. The highest BCUT2D eigenvalue weighted by atomic mass is 16.5. The molecule has 0 atom stereocenters. The predicted molar refractivity (Wildman–Crippen MR) is 104 cm³/mol. The van der Waals surface area contributed by atoms with Gasteiger partial charge in [-0.05, 0) is 43.3 Å². The van der Waals surface area contributed by atoms with E-state index >= 15 is 0 Å². The molecule has 3 rings (SSSR count). The molecule has 1 heterocycles. The fourth-order valence-corrected chi connectivity index (χ4v) is 2.57. The van der Waals surface area contributed by atoms with Crippen molar-refractivity contribution in [2.45, 2.75) is 6.92 Å². The first kappa shape index (κ1) is 18.3. The van der Waals surface area contributed by atoms with Gasteiger partial charge in [0.1, 0.15) is 5.75 Å². The van der Waals surface area contributed by atoms with Crippen LogP contribution in [0, 0.1) is 18.8 Å². The molecule has 27 heavy (non-hydrogen) atoms. The van der Waals surface area contributed by atoms with Crippen LogP contribution in [0.3, 0.4) is 0 Å². The predicted octanol–water partition coefficient (Wildman–Crippen LogP) is 2.07. The van der Waals surface area contributed by atoms with Crippen molar-refractivity contribution in [2.75, 3.05) is 31.1 Å². The summed E-state index contributed by atoms with van der Waals surface area (Å²) in [7, 11) is 0. The third-order valence-corrected chi connectivity index (χ3v) is 4.03. The van der Waals surface area contributed by atoms with E-state index in [1.54, 1.807) is 4.90 Å². The van der Waals surface area contributed by atoms with Crippen LogP contribution in [-0.2, 0) is 4.79 Å². The van der Waals surface area contributed by atoms with E-state index in [0.29, 0.717) is 18.8 Å². The van der Waals surface area contributed by atoms with Gasteiger partial charge in [-0.25, -0.2) is 4.79 Å². The van der Waals surface area contributed by atoms with Gasteiger partial charge < -0.3 is 15.4 Å². The summed E-state index contributed by atoms with van der Waals surface area (Å²) in [5, 5.41) is 5.46. The number of hydrogen-bond acceptors (Lipinski definition) is 3. The van der Waals surface area contributed by atoms with Gasteiger partial charge in [0.25, 0.3) is 5.91 Å². The number of nitrogens with one attached hydrogen (secondary N) is 2. The molecular formula is C21H21N3O3. The monoisotopic (exact) mass is 363 g/mol. The Morgan fingerprint density at radius 1 is 1.19 bits per heavy atom. The lowest BCUT2D eigenvalue weighted by atomic mass is 10.2. The van der Waals surface area contributed by atoms with Gasteiger partial charge in [-0.3, -0.25) is 9.69 Å². The van der Waals surface area contributed by atoms with Crippen LogP contribution in [0.25, 0.3) is 0 Å². The Morgan fingerprint density at radius 2 is 1.93 bits per heavy atom. The summed E-state index contributed by atoms with van der Waals surface area (Å²) in [5.74, 6) is 6.33. The van der Waals surface area contributed by atoms with Crippen molar-refractivity contribution < 1.29 is 14.3 Å². The van der Waals surface area contributed by atoms with Crippen LogP contribution < -0.4 is 20.3 Å². The minimum Gasteiger partial charge on any atom is -0.484 e. The zero-order valence-electron chi connectivity index (χ0n) is 15.1. The van der Waals surface area contributed by atoms with Crippen LogP contribution in [0.15, 0.2) is 48.5 Å². The van der Waals surface area contributed by atoms with Crippen molar-refractivity contribution in [3.63, 3.8) is 0 Å². The first-order valence-electron chi connectivity index (χ1n) is 8.72. The molecule has 138 valence electrons. The maximum atomic E-state index is 11.8.